The summed E-state index contributed by atoms with van der Waals surface area (Å²) in [5.74, 6) is 0.0339. The zero-order chi connectivity index (χ0) is 15.4. The molecule has 0 fully saturated rings. The van der Waals surface area contributed by atoms with Gasteiger partial charge in [0.2, 0.25) is 12.1 Å². The molecule has 7 heteroatoms. The number of rotatable bonds is 5. The van der Waals surface area contributed by atoms with Crippen molar-refractivity contribution in [1.82, 2.24) is 10.00 Å². The first-order chi connectivity index (χ1) is 9.95. The minimum absolute atomic E-state index is 0. The molecule has 118 valence electrons. The van der Waals surface area contributed by atoms with Crippen LogP contribution >= 0.6 is 11.3 Å². The molecule has 1 heterocycles. The predicted molar refractivity (Wildman–Crippen MR) is 84.4 cm³/mol. The molecule has 5 nitrogen and oxygen atoms in total. The molecule has 0 amide bonds. The van der Waals surface area contributed by atoms with Gasteiger partial charge in [0.15, 0.2) is 6.54 Å². The van der Waals surface area contributed by atoms with E-state index in [1.165, 1.54) is 11.3 Å². The number of halogens is 1. The van der Waals surface area contributed by atoms with E-state index in [0.29, 0.717) is 5.56 Å². The van der Waals surface area contributed by atoms with Crippen molar-refractivity contribution < 1.29 is 26.5 Å². The molecule has 22 heavy (non-hydrogen) atoms. The normalized spacial score (nSPS) is 10.5. The van der Waals surface area contributed by atoms with Gasteiger partial charge in [0, 0.05) is 19.7 Å². The minimum atomic E-state index is 0. The summed E-state index contributed by atoms with van der Waals surface area (Å²) in [7, 11) is 3.80. The molecule has 2 aromatic rings. The molecule has 1 aromatic carbocycles. The van der Waals surface area contributed by atoms with Crippen molar-refractivity contribution in [3.05, 3.63) is 40.4 Å². The Morgan fingerprint density at radius 2 is 1.95 bits per heavy atom. The lowest BCUT2D eigenvalue weighted by Gasteiger charge is -1.99. The maximum atomic E-state index is 12.3. The lowest BCUT2D eigenvalue weighted by molar-refractivity contribution is -0.724. The second kappa shape index (κ2) is 8.14. The third-order valence-electron chi connectivity index (χ3n) is 2.79. The molecule has 0 aliphatic carbocycles. The van der Waals surface area contributed by atoms with Crippen LogP contribution in [0, 0.1) is 13.8 Å². The third-order valence-corrected chi connectivity index (χ3v) is 3.66. The number of Topliss-reactive ketones (excluding diaryl/α,β-unsaturated/α-hetero) is 1. The molecule has 0 N–H and O–H groups in total. The number of carbonyl (C=O) groups excluding carboxylic acids is 1. The summed E-state index contributed by atoms with van der Waals surface area (Å²) in [6.45, 7) is 4.11. The van der Waals surface area contributed by atoms with Gasteiger partial charge in [-0.05, 0) is 30.2 Å². The van der Waals surface area contributed by atoms with Crippen molar-refractivity contribution in [2.45, 2.75) is 20.4 Å². The van der Waals surface area contributed by atoms with Gasteiger partial charge >= 0.3 is 5.13 Å². The fraction of sp³-hybridized carbons (Fsp3) is 0.333. The van der Waals surface area contributed by atoms with Crippen LogP contribution in [0.3, 0.4) is 0 Å². The van der Waals surface area contributed by atoms with Crippen molar-refractivity contribution >= 4 is 28.6 Å². The molecule has 0 saturated heterocycles. The van der Waals surface area contributed by atoms with Gasteiger partial charge in [-0.15, -0.1) is 4.68 Å². The summed E-state index contributed by atoms with van der Waals surface area (Å²) in [6, 6.07) is 7.57. The highest BCUT2D eigenvalue weighted by molar-refractivity contribution is 7.14. The molecule has 0 unspecified atom stereocenters. The largest absolute Gasteiger partial charge is 1.00 e. The van der Waals surface area contributed by atoms with Crippen molar-refractivity contribution in [2.75, 3.05) is 14.1 Å². The van der Waals surface area contributed by atoms with Crippen molar-refractivity contribution in [2.24, 2.45) is 4.99 Å². The zero-order valence-corrected chi connectivity index (χ0v) is 15.5. The van der Waals surface area contributed by atoms with Gasteiger partial charge < -0.3 is 21.9 Å². The summed E-state index contributed by atoms with van der Waals surface area (Å²) in [5.41, 5.74) is 1.83. The second-order valence-electron chi connectivity index (χ2n) is 5.06. The third kappa shape index (κ3) is 4.99. The van der Waals surface area contributed by atoms with Crippen LogP contribution < -0.4 is 21.7 Å². The summed E-state index contributed by atoms with van der Waals surface area (Å²) in [5, 5.41) is 5.96. The van der Waals surface area contributed by atoms with E-state index in [1.54, 1.807) is 11.0 Å². The molecule has 0 saturated carbocycles. The van der Waals surface area contributed by atoms with Gasteiger partial charge in [-0.2, -0.15) is 0 Å². The minimum Gasteiger partial charge on any atom is -1.00 e. The zero-order valence-electron chi connectivity index (χ0n) is 13.1. The molecular formula is C15H19BrN4OS. The molecule has 1 aromatic heterocycles. The first-order valence-corrected chi connectivity index (χ1v) is 7.45. The molecule has 0 spiro atoms. The fourth-order valence-corrected chi connectivity index (χ4v) is 2.46. The monoisotopic (exact) mass is 382 g/mol. The number of hydrogen-bond donors (Lipinski definition) is 0. The van der Waals surface area contributed by atoms with Crippen molar-refractivity contribution in [3.8, 4) is 0 Å². The van der Waals surface area contributed by atoms with Crippen molar-refractivity contribution in [1.29, 1.82) is 0 Å². The molecule has 0 atom stereocenters. The number of aromatic nitrogens is 2. The Kier molecular flexibility index (Phi) is 6.83. The van der Waals surface area contributed by atoms with Crippen LogP contribution in [0.15, 0.2) is 29.3 Å². The fourth-order valence-electron chi connectivity index (χ4n) is 1.75. The maximum Gasteiger partial charge on any atom is 0.406 e. The van der Waals surface area contributed by atoms with Crippen LogP contribution in [-0.2, 0) is 6.54 Å². The highest BCUT2D eigenvalue weighted by atomic mass is 79.9. The quantitative estimate of drug-likeness (QED) is 0.293. The number of aliphatic imine (C=N–C) groups is 1. The van der Waals surface area contributed by atoms with Crippen molar-refractivity contribution in [3.63, 3.8) is 0 Å². The maximum absolute atomic E-state index is 12.3. The summed E-state index contributed by atoms with van der Waals surface area (Å²) >= 11 is 1.47. The number of hydrogen-bond acceptors (Lipinski definition) is 4. The topological polar surface area (TPSA) is 49.4 Å². The summed E-state index contributed by atoms with van der Waals surface area (Å²) in [4.78, 5) is 18.5. The average molecular weight is 383 g/mol. The summed E-state index contributed by atoms with van der Waals surface area (Å²) < 4.78 is 1.65. The average Bonchev–Trinajstić information content (AvgIpc) is 2.77. The van der Waals surface area contributed by atoms with Crippen LogP contribution in [0.25, 0.3) is 0 Å². The van der Waals surface area contributed by atoms with Crippen LogP contribution in [-0.4, -0.2) is 36.2 Å². The van der Waals surface area contributed by atoms with Crippen LogP contribution in [0.1, 0.15) is 20.9 Å². The van der Waals surface area contributed by atoms with Crippen LogP contribution in [0.2, 0.25) is 0 Å². The Hall–Kier alpha value is -1.60. The van der Waals surface area contributed by atoms with Gasteiger partial charge in [0.25, 0.3) is 0 Å². The smallest absolute Gasteiger partial charge is 0.406 e. The van der Waals surface area contributed by atoms with Crippen LogP contribution in [0.4, 0.5) is 5.13 Å². The lowest BCUT2D eigenvalue weighted by atomic mass is 10.1. The lowest BCUT2D eigenvalue weighted by Crippen LogP contribution is -3.00. The summed E-state index contributed by atoms with van der Waals surface area (Å²) in [6.07, 6.45) is 1.71. The molecule has 0 bridgehead atoms. The van der Waals surface area contributed by atoms with E-state index in [4.69, 9.17) is 0 Å². The highest BCUT2D eigenvalue weighted by Crippen LogP contribution is 2.16. The Bertz CT molecular complexity index is 665. The molecule has 0 radical (unpaired) electrons. The number of carbonyl (C=O) groups is 1. The molecule has 0 aliphatic rings. The predicted octanol–water partition coefficient (Wildman–Crippen LogP) is -0.844. The molecular weight excluding hydrogens is 364 g/mol. The number of benzene rings is 1. The van der Waals surface area contributed by atoms with E-state index in [9.17, 15) is 4.79 Å². The first-order valence-electron chi connectivity index (χ1n) is 6.64. The Balaban J connectivity index is 0.00000242. The van der Waals surface area contributed by atoms with Gasteiger partial charge in [0.05, 0.1) is 0 Å². The SMILES string of the molecule is Cc1ccc(C(=O)C[n+]2nc(C)sc2N=CN(C)C)cc1.[Br-]. The van der Waals surface area contributed by atoms with E-state index >= 15 is 0 Å². The van der Waals surface area contributed by atoms with Gasteiger partial charge in [-0.3, -0.25) is 4.79 Å². The number of ketones is 1. The number of nitrogens with zero attached hydrogens (tertiary/aromatic N) is 4. The second-order valence-corrected chi connectivity index (χ2v) is 6.22. The Morgan fingerprint density at radius 1 is 1.32 bits per heavy atom. The standard InChI is InChI=1S/C15H19N4OS.BrH/c1-11-5-7-13(8-6-11)14(20)9-19-15(16-10-18(3)4)21-12(2)17-19;/h5-8,10H,9H2,1-4H3;1H/q+1;/p-1. The molecule has 2 rings (SSSR count). The molecule has 0 aliphatic heterocycles. The first kappa shape index (κ1) is 18.4. The van der Waals surface area contributed by atoms with E-state index in [1.807, 2.05) is 57.1 Å². The number of aryl methyl sites for hydroxylation is 2. The highest BCUT2D eigenvalue weighted by Gasteiger charge is 2.19. The van der Waals surface area contributed by atoms with E-state index < -0.39 is 0 Å². The van der Waals surface area contributed by atoms with Crippen LogP contribution in [0.5, 0.6) is 0 Å². The van der Waals surface area contributed by atoms with E-state index in [-0.39, 0.29) is 29.3 Å². The van der Waals surface area contributed by atoms with Gasteiger partial charge in [0.1, 0.15) is 5.01 Å². The Labute approximate surface area is 145 Å². The van der Waals surface area contributed by atoms with E-state index in [0.717, 1.165) is 15.7 Å². The van der Waals surface area contributed by atoms with Gasteiger partial charge in [-0.1, -0.05) is 34.9 Å². The Morgan fingerprint density at radius 3 is 2.55 bits per heavy atom. The van der Waals surface area contributed by atoms with E-state index in [2.05, 4.69) is 10.1 Å². The van der Waals surface area contributed by atoms with Gasteiger partial charge in [-0.25, -0.2) is 0 Å².